The molecule has 1 fully saturated rings. The van der Waals surface area contributed by atoms with E-state index in [1.165, 1.54) is 6.08 Å². The maximum Gasteiger partial charge on any atom is 0.224 e. The van der Waals surface area contributed by atoms with Crippen LogP contribution >= 0.6 is 0 Å². The van der Waals surface area contributed by atoms with Crippen molar-refractivity contribution < 1.29 is 9.59 Å². The van der Waals surface area contributed by atoms with Crippen molar-refractivity contribution in [3.63, 3.8) is 0 Å². The number of hydrogen-bond donors (Lipinski definition) is 1. The van der Waals surface area contributed by atoms with Crippen LogP contribution in [0.5, 0.6) is 0 Å². The summed E-state index contributed by atoms with van der Waals surface area (Å²) in [4.78, 5) is 22.5. The Hall–Kier alpha value is -1.16. The number of likely N-dealkylation sites (tertiary alicyclic amines) is 1. The minimum Gasteiger partial charge on any atom is -0.356 e. The second kappa shape index (κ2) is 12.9. The lowest BCUT2D eigenvalue weighted by Crippen LogP contribution is -2.31. The van der Waals surface area contributed by atoms with Crippen molar-refractivity contribution in [1.82, 2.24) is 10.2 Å². The predicted molar refractivity (Wildman–Crippen MR) is 71.9 cm³/mol. The van der Waals surface area contributed by atoms with E-state index in [2.05, 4.69) is 23.8 Å². The topological polar surface area (TPSA) is 49.4 Å². The number of nitrogens with one attached hydrogen (secondary N) is 1. The largest absolute Gasteiger partial charge is 0.356 e. The quantitative estimate of drug-likeness (QED) is 0.602. The fourth-order valence-corrected chi connectivity index (χ4v) is 1.47. The summed E-state index contributed by atoms with van der Waals surface area (Å²) in [6, 6.07) is 0. The maximum absolute atomic E-state index is 11.3. The molecule has 100 valence electrons. The molecule has 0 aromatic carbocycles. The first-order valence-electron chi connectivity index (χ1n) is 6.18. The Labute approximate surface area is 105 Å². The molecule has 1 heterocycles. The Morgan fingerprint density at radius 1 is 1.53 bits per heavy atom. The molecule has 17 heavy (non-hydrogen) atoms. The van der Waals surface area contributed by atoms with Crippen molar-refractivity contribution in [2.45, 2.75) is 27.2 Å². The van der Waals surface area contributed by atoms with Crippen molar-refractivity contribution in [2.75, 3.05) is 26.7 Å². The summed E-state index contributed by atoms with van der Waals surface area (Å²) < 4.78 is 0. The molecule has 1 amide bonds. The van der Waals surface area contributed by atoms with E-state index in [0.29, 0.717) is 6.29 Å². The zero-order valence-electron chi connectivity index (χ0n) is 11.5. The van der Waals surface area contributed by atoms with Gasteiger partial charge in [0, 0.05) is 13.1 Å². The standard InChI is InChI=1S/C8H16N2O.C3H4O.C2H6/c1-3-9-8(11)7-4-5-10(2)6-7;1-2-3-4;1-2/h7H,3-6H2,1-2H3,(H,9,11);2-3H,1H2;1-2H3. The van der Waals surface area contributed by atoms with E-state index in [9.17, 15) is 4.79 Å². The minimum atomic E-state index is 0.219. The summed E-state index contributed by atoms with van der Waals surface area (Å²) in [5, 5.41) is 2.84. The lowest BCUT2D eigenvalue weighted by atomic mass is 10.1. The molecule has 0 aromatic heterocycles. The van der Waals surface area contributed by atoms with Crippen molar-refractivity contribution in [2.24, 2.45) is 5.92 Å². The van der Waals surface area contributed by atoms with Crippen LogP contribution in [-0.2, 0) is 9.59 Å². The van der Waals surface area contributed by atoms with Gasteiger partial charge in [-0.05, 0) is 33.0 Å². The molecular formula is C13H26N2O2. The van der Waals surface area contributed by atoms with Gasteiger partial charge >= 0.3 is 0 Å². The highest BCUT2D eigenvalue weighted by molar-refractivity contribution is 5.79. The molecule has 0 saturated carbocycles. The molecule has 4 heteroatoms. The fraction of sp³-hybridized carbons (Fsp3) is 0.692. The number of nitrogens with zero attached hydrogens (tertiary/aromatic N) is 1. The zero-order valence-corrected chi connectivity index (χ0v) is 11.5. The minimum absolute atomic E-state index is 0.219. The van der Waals surface area contributed by atoms with Crippen LogP contribution in [-0.4, -0.2) is 43.8 Å². The predicted octanol–water partition coefficient (Wildman–Crippen LogP) is 1.47. The molecular weight excluding hydrogens is 216 g/mol. The lowest BCUT2D eigenvalue weighted by Gasteiger charge is -2.09. The van der Waals surface area contributed by atoms with Gasteiger partial charge in [0.1, 0.15) is 6.29 Å². The summed E-state index contributed by atoms with van der Waals surface area (Å²) in [6.45, 7) is 11.8. The van der Waals surface area contributed by atoms with Crippen LogP contribution in [0.1, 0.15) is 27.2 Å². The van der Waals surface area contributed by atoms with Crippen molar-refractivity contribution >= 4 is 12.2 Å². The second-order valence-electron chi connectivity index (χ2n) is 3.51. The Balaban J connectivity index is 0. The summed E-state index contributed by atoms with van der Waals surface area (Å²) in [5.41, 5.74) is 0. The summed E-state index contributed by atoms with van der Waals surface area (Å²) >= 11 is 0. The van der Waals surface area contributed by atoms with E-state index in [0.717, 1.165) is 26.1 Å². The van der Waals surface area contributed by atoms with Gasteiger partial charge in [0.25, 0.3) is 0 Å². The summed E-state index contributed by atoms with van der Waals surface area (Å²) in [6.07, 6.45) is 2.85. The first-order chi connectivity index (χ1) is 8.15. The van der Waals surface area contributed by atoms with Gasteiger partial charge in [0.2, 0.25) is 5.91 Å². The van der Waals surface area contributed by atoms with Crippen LogP contribution < -0.4 is 5.32 Å². The maximum atomic E-state index is 11.3. The smallest absolute Gasteiger partial charge is 0.224 e. The number of allylic oxidation sites excluding steroid dienone is 1. The van der Waals surface area contributed by atoms with Gasteiger partial charge in [-0.1, -0.05) is 20.4 Å². The van der Waals surface area contributed by atoms with Gasteiger partial charge in [-0.15, -0.1) is 0 Å². The SMILES string of the molecule is C=CC=O.CC.CCNC(=O)C1CCN(C)C1. The van der Waals surface area contributed by atoms with E-state index in [4.69, 9.17) is 4.79 Å². The molecule has 4 nitrogen and oxygen atoms in total. The molecule has 0 bridgehead atoms. The first-order valence-corrected chi connectivity index (χ1v) is 6.18. The Morgan fingerprint density at radius 2 is 2.06 bits per heavy atom. The average molecular weight is 242 g/mol. The molecule has 1 unspecified atom stereocenters. The molecule has 0 aliphatic carbocycles. The molecule has 1 aliphatic heterocycles. The fourth-order valence-electron chi connectivity index (χ4n) is 1.47. The van der Waals surface area contributed by atoms with Gasteiger partial charge in [0.15, 0.2) is 0 Å². The Kier molecular flexibility index (Phi) is 13.8. The number of carbonyl (C=O) groups is 2. The number of aldehydes is 1. The third kappa shape index (κ3) is 9.75. The monoisotopic (exact) mass is 242 g/mol. The van der Waals surface area contributed by atoms with Gasteiger partial charge in [-0.25, -0.2) is 0 Å². The van der Waals surface area contributed by atoms with Gasteiger partial charge in [-0.3, -0.25) is 9.59 Å². The van der Waals surface area contributed by atoms with Gasteiger partial charge < -0.3 is 10.2 Å². The lowest BCUT2D eigenvalue weighted by molar-refractivity contribution is -0.124. The van der Waals surface area contributed by atoms with Gasteiger partial charge in [0.05, 0.1) is 5.92 Å². The van der Waals surface area contributed by atoms with E-state index in [1.807, 2.05) is 20.8 Å². The summed E-state index contributed by atoms with van der Waals surface area (Å²) in [7, 11) is 2.05. The first kappa shape index (κ1) is 18.2. The normalized spacial score (nSPS) is 18.0. The van der Waals surface area contributed by atoms with E-state index in [1.54, 1.807) is 0 Å². The molecule has 1 saturated heterocycles. The average Bonchev–Trinajstić information content (AvgIpc) is 2.79. The molecule has 0 radical (unpaired) electrons. The highest BCUT2D eigenvalue weighted by atomic mass is 16.1. The van der Waals surface area contributed by atoms with Crippen LogP contribution in [0.2, 0.25) is 0 Å². The van der Waals surface area contributed by atoms with E-state index >= 15 is 0 Å². The number of rotatable bonds is 3. The molecule has 1 N–H and O–H groups in total. The second-order valence-corrected chi connectivity index (χ2v) is 3.51. The number of amides is 1. The Morgan fingerprint density at radius 3 is 2.35 bits per heavy atom. The molecule has 0 aromatic rings. The molecule has 1 atom stereocenters. The molecule has 1 rings (SSSR count). The van der Waals surface area contributed by atoms with E-state index < -0.39 is 0 Å². The highest BCUT2D eigenvalue weighted by Crippen LogP contribution is 2.13. The van der Waals surface area contributed by atoms with Crippen LogP contribution in [0, 0.1) is 5.92 Å². The third-order valence-corrected chi connectivity index (χ3v) is 2.21. The van der Waals surface area contributed by atoms with Crippen LogP contribution in [0.4, 0.5) is 0 Å². The Bertz CT molecular complexity index is 211. The highest BCUT2D eigenvalue weighted by Gasteiger charge is 2.25. The van der Waals surface area contributed by atoms with Crippen LogP contribution in [0.15, 0.2) is 12.7 Å². The van der Waals surface area contributed by atoms with Crippen molar-refractivity contribution in [3.8, 4) is 0 Å². The third-order valence-electron chi connectivity index (χ3n) is 2.21. The number of carbonyl (C=O) groups excluding carboxylic acids is 2. The zero-order chi connectivity index (χ0) is 13.7. The van der Waals surface area contributed by atoms with Crippen molar-refractivity contribution in [3.05, 3.63) is 12.7 Å². The van der Waals surface area contributed by atoms with E-state index in [-0.39, 0.29) is 11.8 Å². The number of hydrogen-bond acceptors (Lipinski definition) is 3. The summed E-state index contributed by atoms with van der Waals surface area (Å²) in [5.74, 6) is 0.455. The van der Waals surface area contributed by atoms with Crippen LogP contribution in [0.3, 0.4) is 0 Å². The molecule has 0 spiro atoms. The molecule has 1 aliphatic rings. The van der Waals surface area contributed by atoms with Gasteiger partial charge in [-0.2, -0.15) is 0 Å². The van der Waals surface area contributed by atoms with Crippen LogP contribution in [0.25, 0.3) is 0 Å². The van der Waals surface area contributed by atoms with Crippen molar-refractivity contribution in [1.29, 1.82) is 0 Å².